The monoisotopic (exact) mass is 294 g/mol. The molecule has 2 atom stereocenters. The number of nitrogens with one attached hydrogen (secondary N) is 2. The van der Waals surface area contributed by atoms with Crippen LogP contribution in [0.25, 0.3) is 0 Å². The summed E-state index contributed by atoms with van der Waals surface area (Å²) >= 11 is 5.92. The number of hydrogen-bond donors (Lipinski definition) is 2. The van der Waals surface area contributed by atoms with Gasteiger partial charge in [0.15, 0.2) is 0 Å². The van der Waals surface area contributed by atoms with Gasteiger partial charge in [0.25, 0.3) is 0 Å². The summed E-state index contributed by atoms with van der Waals surface area (Å²) in [5.41, 5.74) is 1.66. The van der Waals surface area contributed by atoms with E-state index in [1.165, 1.54) is 0 Å². The first-order valence-electron chi connectivity index (χ1n) is 6.76. The van der Waals surface area contributed by atoms with E-state index in [2.05, 4.69) is 10.6 Å². The van der Waals surface area contributed by atoms with Crippen LogP contribution in [0.1, 0.15) is 25.8 Å². The fourth-order valence-electron chi connectivity index (χ4n) is 2.12. The van der Waals surface area contributed by atoms with E-state index in [0.717, 1.165) is 5.56 Å². The fourth-order valence-corrected chi connectivity index (χ4v) is 2.29. The third-order valence-corrected chi connectivity index (χ3v) is 3.59. The number of carbonyl (C=O) groups excluding carboxylic acids is 2. The predicted molar refractivity (Wildman–Crippen MR) is 79.7 cm³/mol. The van der Waals surface area contributed by atoms with E-state index in [0.29, 0.717) is 17.1 Å². The Morgan fingerprint density at radius 1 is 1.25 bits per heavy atom. The van der Waals surface area contributed by atoms with E-state index in [4.69, 9.17) is 11.6 Å². The molecule has 1 aliphatic carbocycles. The van der Waals surface area contributed by atoms with Gasteiger partial charge in [-0.1, -0.05) is 17.7 Å². The quantitative estimate of drug-likeness (QED) is 0.897. The zero-order chi connectivity index (χ0) is 14.9. The molecule has 0 radical (unpaired) electrons. The normalized spacial score (nSPS) is 20.6. The van der Waals surface area contributed by atoms with Crippen molar-refractivity contribution in [2.24, 2.45) is 11.8 Å². The molecule has 5 heteroatoms. The number of amides is 2. The maximum atomic E-state index is 12.1. The SMILES string of the molecule is Cc1ccc(Cl)cc1NC(=O)C1CC1C(=O)NC(C)C. The first-order chi connectivity index (χ1) is 9.38. The molecule has 108 valence electrons. The van der Waals surface area contributed by atoms with Crippen molar-refractivity contribution in [3.05, 3.63) is 28.8 Å². The highest BCUT2D eigenvalue weighted by Gasteiger charge is 2.48. The molecule has 0 heterocycles. The second kappa shape index (κ2) is 5.83. The standard InChI is InChI=1S/C15H19ClN2O2/c1-8(2)17-14(19)11-7-12(11)15(20)18-13-6-10(16)5-4-9(13)3/h4-6,8,11-12H,7H2,1-3H3,(H,17,19)(H,18,20). The minimum atomic E-state index is -0.230. The van der Waals surface area contributed by atoms with Gasteiger partial charge in [-0.2, -0.15) is 0 Å². The minimum absolute atomic E-state index is 0.0389. The minimum Gasteiger partial charge on any atom is -0.354 e. The highest BCUT2D eigenvalue weighted by Crippen LogP contribution is 2.39. The van der Waals surface area contributed by atoms with Crippen molar-refractivity contribution >= 4 is 29.1 Å². The molecule has 1 aliphatic rings. The molecular formula is C15H19ClN2O2. The van der Waals surface area contributed by atoms with Crippen molar-refractivity contribution < 1.29 is 9.59 Å². The predicted octanol–water partition coefficient (Wildman–Crippen LogP) is 2.75. The summed E-state index contributed by atoms with van der Waals surface area (Å²) in [6.45, 7) is 5.72. The molecular weight excluding hydrogens is 276 g/mol. The summed E-state index contributed by atoms with van der Waals surface area (Å²) in [4.78, 5) is 23.9. The van der Waals surface area contributed by atoms with Gasteiger partial charge in [-0.05, 0) is 44.9 Å². The van der Waals surface area contributed by atoms with Crippen LogP contribution < -0.4 is 10.6 Å². The van der Waals surface area contributed by atoms with Crippen molar-refractivity contribution in [1.29, 1.82) is 0 Å². The molecule has 0 aromatic heterocycles. The second-order valence-electron chi connectivity index (χ2n) is 5.56. The molecule has 1 aromatic rings. The van der Waals surface area contributed by atoms with Crippen LogP contribution in [0.5, 0.6) is 0 Å². The Morgan fingerprint density at radius 2 is 1.90 bits per heavy atom. The van der Waals surface area contributed by atoms with Crippen LogP contribution in [-0.2, 0) is 9.59 Å². The lowest BCUT2D eigenvalue weighted by Gasteiger charge is -2.10. The maximum absolute atomic E-state index is 12.1. The molecule has 2 amide bonds. The van der Waals surface area contributed by atoms with Gasteiger partial charge in [-0.25, -0.2) is 0 Å². The van der Waals surface area contributed by atoms with Crippen molar-refractivity contribution in [2.45, 2.75) is 33.2 Å². The summed E-state index contributed by atoms with van der Waals surface area (Å²) < 4.78 is 0. The zero-order valence-corrected chi connectivity index (χ0v) is 12.6. The van der Waals surface area contributed by atoms with Crippen LogP contribution in [0.4, 0.5) is 5.69 Å². The van der Waals surface area contributed by atoms with E-state index < -0.39 is 0 Å². The molecule has 1 fully saturated rings. The largest absolute Gasteiger partial charge is 0.354 e. The van der Waals surface area contributed by atoms with Crippen LogP contribution in [0.15, 0.2) is 18.2 Å². The lowest BCUT2D eigenvalue weighted by molar-refractivity contribution is -0.125. The Kier molecular flexibility index (Phi) is 4.33. The number of carbonyl (C=O) groups is 2. The van der Waals surface area contributed by atoms with Crippen molar-refractivity contribution in [3.63, 3.8) is 0 Å². The molecule has 2 unspecified atom stereocenters. The first-order valence-corrected chi connectivity index (χ1v) is 7.13. The van der Waals surface area contributed by atoms with E-state index in [-0.39, 0.29) is 29.7 Å². The molecule has 2 rings (SSSR count). The van der Waals surface area contributed by atoms with Gasteiger partial charge in [0.2, 0.25) is 11.8 Å². The summed E-state index contributed by atoms with van der Waals surface area (Å²) in [6.07, 6.45) is 0.615. The number of benzene rings is 1. The molecule has 0 saturated heterocycles. The highest BCUT2D eigenvalue weighted by atomic mass is 35.5. The van der Waals surface area contributed by atoms with Crippen molar-refractivity contribution in [3.8, 4) is 0 Å². The van der Waals surface area contributed by atoms with E-state index >= 15 is 0 Å². The smallest absolute Gasteiger partial charge is 0.228 e. The van der Waals surface area contributed by atoms with Gasteiger partial charge in [0, 0.05) is 16.8 Å². The van der Waals surface area contributed by atoms with Gasteiger partial charge < -0.3 is 10.6 Å². The number of hydrogen-bond acceptors (Lipinski definition) is 2. The van der Waals surface area contributed by atoms with Crippen LogP contribution in [0.2, 0.25) is 5.02 Å². The lowest BCUT2D eigenvalue weighted by atomic mass is 10.2. The number of anilines is 1. The molecule has 0 spiro atoms. The molecule has 20 heavy (non-hydrogen) atoms. The van der Waals surface area contributed by atoms with E-state index in [1.54, 1.807) is 12.1 Å². The van der Waals surface area contributed by atoms with Gasteiger partial charge in [-0.15, -0.1) is 0 Å². The van der Waals surface area contributed by atoms with Crippen LogP contribution in [-0.4, -0.2) is 17.9 Å². The van der Waals surface area contributed by atoms with Crippen LogP contribution in [0.3, 0.4) is 0 Å². The summed E-state index contributed by atoms with van der Waals surface area (Å²) in [7, 11) is 0. The third kappa shape index (κ3) is 3.51. The topological polar surface area (TPSA) is 58.2 Å². The Morgan fingerprint density at radius 3 is 2.55 bits per heavy atom. The molecule has 0 bridgehead atoms. The van der Waals surface area contributed by atoms with Gasteiger partial charge >= 0.3 is 0 Å². The molecule has 1 aromatic carbocycles. The Hall–Kier alpha value is -1.55. The first kappa shape index (κ1) is 14.9. The van der Waals surface area contributed by atoms with Gasteiger partial charge in [-0.3, -0.25) is 9.59 Å². The molecule has 0 aliphatic heterocycles. The highest BCUT2D eigenvalue weighted by molar-refractivity contribution is 6.31. The fraction of sp³-hybridized carbons (Fsp3) is 0.467. The van der Waals surface area contributed by atoms with Gasteiger partial charge in [0.1, 0.15) is 0 Å². The number of aryl methyl sites for hydroxylation is 1. The van der Waals surface area contributed by atoms with E-state index in [1.807, 2.05) is 26.8 Å². The maximum Gasteiger partial charge on any atom is 0.228 e. The Labute approximate surface area is 123 Å². The zero-order valence-electron chi connectivity index (χ0n) is 11.9. The number of rotatable bonds is 4. The van der Waals surface area contributed by atoms with Crippen LogP contribution >= 0.6 is 11.6 Å². The number of halogens is 1. The van der Waals surface area contributed by atoms with E-state index in [9.17, 15) is 9.59 Å². The molecule has 2 N–H and O–H groups in total. The summed E-state index contributed by atoms with van der Waals surface area (Å²) in [5, 5.41) is 6.26. The molecule has 1 saturated carbocycles. The second-order valence-corrected chi connectivity index (χ2v) is 6.00. The Balaban J connectivity index is 1.94. The lowest BCUT2D eigenvalue weighted by Crippen LogP contribution is -2.32. The van der Waals surface area contributed by atoms with Gasteiger partial charge in [0.05, 0.1) is 11.8 Å². The van der Waals surface area contributed by atoms with Crippen molar-refractivity contribution in [1.82, 2.24) is 5.32 Å². The summed E-state index contributed by atoms with van der Waals surface area (Å²) in [5.74, 6) is -0.578. The van der Waals surface area contributed by atoms with Crippen molar-refractivity contribution in [2.75, 3.05) is 5.32 Å². The summed E-state index contributed by atoms with van der Waals surface area (Å²) in [6, 6.07) is 5.46. The van der Waals surface area contributed by atoms with Crippen LogP contribution in [0, 0.1) is 18.8 Å². The Bertz CT molecular complexity index is 543. The molecule has 4 nitrogen and oxygen atoms in total. The third-order valence-electron chi connectivity index (χ3n) is 3.35. The average molecular weight is 295 g/mol. The average Bonchev–Trinajstić information content (AvgIpc) is 3.13.